The molecule has 4 rings (SSSR count). The Morgan fingerprint density at radius 1 is 1.21 bits per heavy atom. The van der Waals surface area contributed by atoms with E-state index in [1.807, 2.05) is 58.8 Å². The van der Waals surface area contributed by atoms with Crippen LogP contribution in [0.3, 0.4) is 0 Å². The first kappa shape index (κ1) is 20.0. The van der Waals surface area contributed by atoms with Crippen LogP contribution >= 0.6 is 34.7 Å². The van der Waals surface area contributed by atoms with Crippen LogP contribution in [-0.4, -0.2) is 57.9 Å². The molecule has 6 nitrogen and oxygen atoms in total. The number of hydrogen-bond acceptors (Lipinski definition) is 6. The third kappa shape index (κ3) is 5.41. The summed E-state index contributed by atoms with van der Waals surface area (Å²) >= 11 is 9.10. The fourth-order valence-electron chi connectivity index (χ4n) is 3.05. The molecule has 1 N–H and O–H groups in total. The lowest BCUT2D eigenvalue weighted by Gasteiger charge is -2.36. The van der Waals surface area contributed by atoms with Crippen LogP contribution in [0.1, 0.15) is 10.7 Å². The van der Waals surface area contributed by atoms with Crippen molar-refractivity contribution >= 4 is 58.4 Å². The van der Waals surface area contributed by atoms with Gasteiger partial charge in [0.1, 0.15) is 5.82 Å². The molecule has 0 aliphatic carbocycles. The molecule has 1 amide bonds. The number of carbonyl (C=O) groups is 1. The van der Waals surface area contributed by atoms with Crippen LogP contribution < -0.4 is 4.90 Å². The minimum atomic E-state index is 0.112. The second-order valence-electron chi connectivity index (χ2n) is 6.49. The van der Waals surface area contributed by atoms with Gasteiger partial charge >= 0.3 is 0 Å². The predicted octanol–water partition coefficient (Wildman–Crippen LogP) is 4.13. The van der Waals surface area contributed by atoms with E-state index in [0.717, 1.165) is 28.7 Å². The molecule has 0 atom stereocenters. The molecule has 1 aliphatic rings. The first-order valence-electron chi connectivity index (χ1n) is 9.22. The predicted molar refractivity (Wildman–Crippen MR) is 121 cm³/mol. The lowest BCUT2D eigenvalue weighted by molar-refractivity contribution is -0.128. The summed E-state index contributed by atoms with van der Waals surface area (Å²) in [4.78, 5) is 22.3. The summed E-state index contributed by atoms with van der Waals surface area (Å²) in [5.41, 5.74) is 1.10. The van der Waals surface area contributed by atoms with E-state index in [-0.39, 0.29) is 5.91 Å². The summed E-state index contributed by atoms with van der Waals surface area (Å²) in [6.07, 6.45) is 3.88. The number of aromatic nitrogens is 3. The Labute approximate surface area is 182 Å². The van der Waals surface area contributed by atoms with E-state index in [9.17, 15) is 4.79 Å². The smallest absolute Gasteiger partial charge is 0.233 e. The number of thiophene rings is 1. The average molecular weight is 446 g/mol. The molecule has 0 radical (unpaired) electrons. The van der Waals surface area contributed by atoms with E-state index in [4.69, 9.17) is 11.6 Å². The fraction of sp³-hybridized carbons (Fsp3) is 0.250. The lowest BCUT2D eigenvalue weighted by Crippen LogP contribution is -2.49. The standard InChI is InChI=1S/C20H20ClN5OS2/c21-15-3-1-4-16(13-15)25-8-10-26(11-9-25)19(27)14-29-20-22-18(23-24-20)7-6-17-5-2-12-28-17/h1-7,12-13H,8-11,14H2,(H,22,23,24). The Balaban J connectivity index is 1.24. The third-order valence-corrected chi connectivity index (χ3v) is 6.47. The van der Waals surface area contributed by atoms with E-state index in [1.165, 1.54) is 11.8 Å². The van der Waals surface area contributed by atoms with E-state index in [0.29, 0.717) is 29.8 Å². The highest BCUT2D eigenvalue weighted by Crippen LogP contribution is 2.21. The molecule has 2 aromatic heterocycles. The van der Waals surface area contributed by atoms with Gasteiger partial charge in [-0.05, 0) is 41.8 Å². The summed E-state index contributed by atoms with van der Waals surface area (Å²) in [5.74, 6) is 1.13. The molecule has 3 aromatic rings. The molecule has 3 heterocycles. The number of benzene rings is 1. The van der Waals surface area contributed by atoms with Crippen molar-refractivity contribution in [2.45, 2.75) is 5.16 Å². The van der Waals surface area contributed by atoms with Gasteiger partial charge in [-0.2, -0.15) is 0 Å². The maximum absolute atomic E-state index is 12.5. The van der Waals surface area contributed by atoms with Gasteiger partial charge in [-0.25, -0.2) is 4.98 Å². The molecule has 1 aliphatic heterocycles. The summed E-state index contributed by atoms with van der Waals surface area (Å²) in [6.45, 7) is 3.01. The van der Waals surface area contributed by atoms with Gasteiger partial charge in [0.25, 0.3) is 0 Å². The van der Waals surface area contributed by atoms with Crippen molar-refractivity contribution in [1.82, 2.24) is 20.1 Å². The molecule has 0 bridgehead atoms. The number of aromatic amines is 1. The van der Waals surface area contributed by atoms with E-state index < -0.39 is 0 Å². The van der Waals surface area contributed by atoms with Crippen molar-refractivity contribution in [3.8, 4) is 0 Å². The van der Waals surface area contributed by atoms with Gasteiger partial charge in [0.2, 0.25) is 11.1 Å². The zero-order valence-corrected chi connectivity index (χ0v) is 18.0. The number of nitrogens with one attached hydrogen (secondary N) is 1. The summed E-state index contributed by atoms with van der Waals surface area (Å²) in [5, 5.41) is 10.4. The summed E-state index contributed by atoms with van der Waals surface area (Å²) < 4.78 is 0. The molecule has 0 spiro atoms. The maximum Gasteiger partial charge on any atom is 0.233 e. The quantitative estimate of drug-likeness (QED) is 0.578. The Morgan fingerprint density at radius 3 is 2.83 bits per heavy atom. The minimum absolute atomic E-state index is 0.112. The molecule has 0 saturated carbocycles. The number of halogens is 1. The SMILES string of the molecule is O=C(CSc1n[nH]c(C=Cc2cccs2)n1)N1CCN(c2cccc(Cl)c2)CC1. The van der Waals surface area contributed by atoms with Gasteiger partial charge in [-0.3, -0.25) is 9.89 Å². The maximum atomic E-state index is 12.5. The van der Waals surface area contributed by atoms with Crippen LogP contribution in [0.5, 0.6) is 0 Å². The number of thioether (sulfide) groups is 1. The topological polar surface area (TPSA) is 65.1 Å². The Hall–Kier alpha value is -2.29. The molecule has 1 aromatic carbocycles. The fourth-order valence-corrected chi connectivity index (χ4v) is 4.56. The van der Waals surface area contributed by atoms with Crippen molar-refractivity contribution < 1.29 is 4.79 Å². The Kier molecular flexibility index (Phi) is 6.53. The molecule has 150 valence electrons. The molecule has 1 saturated heterocycles. The third-order valence-electron chi connectivity index (χ3n) is 4.56. The summed E-state index contributed by atoms with van der Waals surface area (Å²) in [6, 6.07) is 11.9. The van der Waals surface area contributed by atoms with Crippen molar-refractivity contribution in [3.63, 3.8) is 0 Å². The highest BCUT2D eigenvalue weighted by atomic mass is 35.5. The monoisotopic (exact) mass is 445 g/mol. The van der Waals surface area contributed by atoms with Crippen LogP contribution in [-0.2, 0) is 4.79 Å². The lowest BCUT2D eigenvalue weighted by atomic mass is 10.2. The van der Waals surface area contributed by atoms with Crippen LogP contribution in [0.25, 0.3) is 12.2 Å². The number of H-pyrrole nitrogens is 1. The first-order chi connectivity index (χ1) is 14.2. The Bertz CT molecular complexity index is 980. The van der Waals surface area contributed by atoms with Gasteiger partial charge in [0.05, 0.1) is 5.75 Å². The molecule has 0 unspecified atom stereocenters. The van der Waals surface area contributed by atoms with Crippen LogP contribution in [0.2, 0.25) is 5.02 Å². The van der Waals surface area contributed by atoms with E-state index >= 15 is 0 Å². The highest BCUT2D eigenvalue weighted by molar-refractivity contribution is 7.99. The second-order valence-corrected chi connectivity index (χ2v) is 8.85. The van der Waals surface area contributed by atoms with Crippen molar-refractivity contribution in [3.05, 3.63) is 57.5 Å². The van der Waals surface area contributed by atoms with E-state index in [2.05, 4.69) is 20.1 Å². The average Bonchev–Trinajstić information content (AvgIpc) is 3.42. The normalized spacial score (nSPS) is 14.7. The number of piperazine rings is 1. The highest BCUT2D eigenvalue weighted by Gasteiger charge is 2.21. The molecule has 1 fully saturated rings. The zero-order chi connectivity index (χ0) is 20.1. The van der Waals surface area contributed by atoms with Crippen LogP contribution in [0.15, 0.2) is 46.9 Å². The number of hydrogen-bond donors (Lipinski definition) is 1. The van der Waals surface area contributed by atoms with Crippen molar-refractivity contribution in [2.24, 2.45) is 0 Å². The first-order valence-corrected chi connectivity index (χ1v) is 11.5. The second kappa shape index (κ2) is 9.47. The number of carbonyl (C=O) groups excluding carboxylic acids is 1. The number of nitrogens with zero attached hydrogens (tertiary/aromatic N) is 4. The van der Waals surface area contributed by atoms with E-state index in [1.54, 1.807) is 11.3 Å². The number of amides is 1. The number of rotatable bonds is 6. The van der Waals surface area contributed by atoms with Gasteiger partial charge in [-0.1, -0.05) is 35.5 Å². The van der Waals surface area contributed by atoms with Crippen LogP contribution in [0, 0.1) is 0 Å². The number of anilines is 1. The minimum Gasteiger partial charge on any atom is -0.368 e. The van der Waals surface area contributed by atoms with Gasteiger partial charge in [0.15, 0.2) is 0 Å². The van der Waals surface area contributed by atoms with Crippen molar-refractivity contribution in [2.75, 3.05) is 36.8 Å². The molecule has 9 heteroatoms. The summed E-state index contributed by atoms with van der Waals surface area (Å²) in [7, 11) is 0. The van der Waals surface area contributed by atoms with Crippen molar-refractivity contribution in [1.29, 1.82) is 0 Å². The Morgan fingerprint density at radius 2 is 2.07 bits per heavy atom. The zero-order valence-electron chi connectivity index (χ0n) is 15.6. The molecule has 29 heavy (non-hydrogen) atoms. The molecular weight excluding hydrogens is 426 g/mol. The van der Waals surface area contributed by atoms with Gasteiger partial charge in [-0.15, -0.1) is 16.4 Å². The largest absolute Gasteiger partial charge is 0.368 e. The van der Waals surface area contributed by atoms with Crippen LogP contribution in [0.4, 0.5) is 5.69 Å². The molecular formula is C20H20ClN5OS2. The van der Waals surface area contributed by atoms with Gasteiger partial charge in [0, 0.05) is 41.8 Å². The van der Waals surface area contributed by atoms with Gasteiger partial charge < -0.3 is 9.80 Å².